The van der Waals surface area contributed by atoms with E-state index < -0.39 is 0 Å². The lowest BCUT2D eigenvalue weighted by molar-refractivity contribution is -0.118. The van der Waals surface area contributed by atoms with Crippen LogP contribution in [-0.4, -0.2) is 122 Å². The predicted molar refractivity (Wildman–Crippen MR) is 114 cm³/mol. The maximum atomic E-state index is 11.1. The smallest absolute Gasteiger partial charge is 0.218 e. The van der Waals surface area contributed by atoms with E-state index in [4.69, 9.17) is 19.9 Å². The van der Waals surface area contributed by atoms with Crippen LogP contribution in [0.2, 0.25) is 0 Å². The van der Waals surface area contributed by atoms with Gasteiger partial charge in [-0.05, 0) is 0 Å². The lowest BCUT2D eigenvalue weighted by Crippen LogP contribution is -2.39. The van der Waals surface area contributed by atoms with Crippen LogP contribution in [0.5, 0.6) is 0 Å². The van der Waals surface area contributed by atoms with Gasteiger partial charge in [0.1, 0.15) is 0 Å². The van der Waals surface area contributed by atoms with Crippen molar-refractivity contribution in [2.24, 2.45) is 5.73 Å². The second kappa shape index (κ2) is 20.4. The van der Waals surface area contributed by atoms with Gasteiger partial charge in [-0.1, -0.05) is 0 Å². The first-order valence-corrected chi connectivity index (χ1v) is 10.9. The fourth-order valence-electron chi connectivity index (χ4n) is 2.75. The molecule has 0 aromatic carbocycles. The lowest BCUT2D eigenvalue weighted by atomic mass is 10.3. The molecule has 0 aliphatic carbocycles. The van der Waals surface area contributed by atoms with Crippen LogP contribution in [0.4, 0.5) is 0 Å². The maximum absolute atomic E-state index is 11.1. The molecule has 0 saturated carbocycles. The molecule has 1 saturated heterocycles. The van der Waals surface area contributed by atoms with Gasteiger partial charge in [0.15, 0.2) is 0 Å². The summed E-state index contributed by atoms with van der Waals surface area (Å²) < 4.78 is 16.8. The van der Waals surface area contributed by atoms with E-state index in [0.29, 0.717) is 52.6 Å². The van der Waals surface area contributed by atoms with Crippen LogP contribution < -0.4 is 27.0 Å². The summed E-state index contributed by atoms with van der Waals surface area (Å²) in [6.45, 7) is 13.3. The summed E-state index contributed by atoms with van der Waals surface area (Å²) in [6, 6.07) is 0. The number of nitrogens with two attached hydrogens (primary N) is 1. The van der Waals surface area contributed by atoms with Crippen LogP contribution >= 0.6 is 0 Å². The summed E-state index contributed by atoms with van der Waals surface area (Å²) in [7, 11) is 0. The number of hydrogen-bond acceptors (Lipinski definition) is 9. The van der Waals surface area contributed by atoms with Crippen LogP contribution in [0, 0.1) is 0 Å². The average molecular weight is 419 g/mol. The first kappa shape index (κ1) is 26.2. The molecule has 0 radical (unpaired) electrons. The van der Waals surface area contributed by atoms with Crippen LogP contribution in [-0.2, 0) is 19.0 Å². The van der Waals surface area contributed by atoms with Gasteiger partial charge in [0.05, 0.1) is 39.6 Å². The fourth-order valence-corrected chi connectivity index (χ4v) is 2.75. The van der Waals surface area contributed by atoms with Gasteiger partial charge >= 0.3 is 0 Å². The molecule has 1 rings (SSSR count). The van der Waals surface area contributed by atoms with E-state index in [9.17, 15) is 4.79 Å². The van der Waals surface area contributed by atoms with E-state index in [0.717, 1.165) is 65.4 Å². The quantitative estimate of drug-likeness (QED) is 0.341. The number of hydrogen-bond donors (Lipinski definition) is 5. The van der Waals surface area contributed by atoms with Crippen molar-refractivity contribution in [3.05, 3.63) is 0 Å². The predicted octanol–water partition coefficient (Wildman–Crippen LogP) is -2.41. The van der Waals surface area contributed by atoms with Crippen LogP contribution in [0.15, 0.2) is 0 Å². The standard InChI is InChI=1S/C19H42N6O4/c20-19(26)1-10-25-11-2-21-4-13-27-15-6-23-8-17-29-18-9-24-7-16-28-14-5-22-3-12-25/h21-24H,1-18H2,(H2,20,26). The molecule has 0 aromatic rings. The van der Waals surface area contributed by atoms with Crippen molar-refractivity contribution in [1.82, 2.24) is 26.2 Å². The number of carbonyl (C=O) groups excluding carboxylic acids is 1. The Morgan fingerprint density at radius 1 is 0.655 bits per heavy atom. The van der Waals surface area contributed by atoms with Crippen molar-refractivity contribution in [3.8, 4) is 0 Å². The van der Waals surface area contributed by atoms with Gasteiger partial charge in [0, 0.05) is 78.4 Å². The maximum Gasteiger partial charge on any atom is 0.218 e. The van der Waals surface area contributed by atoms with Crippen molar-refractivity contribution in [3.63, 3.8) is 0 Å². The van der Waals surface area contributed by atoms with E-state index in [2.05, 4.69) is 26.2 Å². The first-order chi connectivity index (χ1) is 14.3. The Balaban J connectivity index is 2.23. The highest BCUT2D eigenvalue weighted by molar-refractivity contribution is 5.73. The Labute approximate surface area is 175 Å². The van der Waals surface area contributed by atoms with Crippen LogP contribution in [0.3, 0.4) is 0 Å². The van der Waals surface area contributed by atoms with E-state index in [-0.39, 0.29) is 5.91 Å². The van der Waals surface area contributed by atoms with Gasteiger partial charge < -0.3 is 46.1 Å². The number of ether oxygens (including phenoxy) is 3. The van der Waals surface area contributed by atoms with Gasteiger partial charge in [0.25, 0.3) is 0 Å². The van der Waals surface area contributed by atoms with E-state index >= 15 is 0 Å². The minimum atomic E-state index is -0.258. The molecule has 0 unspecified atom stereocenters. The molecule has 0 bridgehead atoms. The lowest BCUT2D eigenvalue weighted by Gasteiger charge is -2.22. The second-order valence-electron chi connectivity index (χ2n) is 6.90. The molecular weight excluding hydrogens is 376 g/mol. The number of nitrogens with one attached hydrogen (secondary N) is 4. The Kier molecular flexibility index (Phi) is 18.4. The second-order valence-corrected chi connectivity index (χ2v) is 6.90. The summed E-state index contributed by atoms with van der Waals surface area (Å²) >= 11 is 0. The Bertz CT molecular complexity index is 355. The molecule has 6 N–H and O–H groups in total. The molecule has 10 heteroatoms. The molecule has 1 aliphatic rings. The van der Waals surface area contributed by atoms with Gasteiger partial charge in [-0.2, -0.15) is 0 Å². The molecule has 1 amide bonds. The molecule has 29 heavy (non-hydrogen) atoms. The SMILES string of the molecule is NC(=O)CCN1CCNCCOCCNCCOCCNCCOCCNCC1. The topological polar surface area (TPSA) is 122 Å². The molecule has 1 aliphatic heterocycles. The van der Waals surface area contributed by atoms with Gasteiger partial charge in [-0.25, -0.2) is 0 Å². The molecule has 172 valence electrons. The normalized spacial score (nSPS) is 22.5. The summed E-state index contributed by atoms with van der Waals surface area (Å²) in [5.41, 5.74) is 5.29. The number of carbonyl (C=O) groups is 1. The molecule has 1 fully saturated rings. The fraction of sp³-hybridized carbons (Fsp3) is 0.947. The van der Waals surface area contributed by atoms with Crippen molar-refractivity contribution >= 4 is 5.91 Å². The molecular formula is C19H42N6O4. The van der Waals surface area contributed by atoms with Gasteiger partial charge in [-0.15, -0.1) is 0 Å². The van der Waals surface area contributed by atoms with Crippen molar-refractivity contribution in [1.29, 1.82) is 0 Å². The highest BCUT2D eigenvalue weighted by Crippen LogP contribution is 1.90. The van der Waals surface area contributed by atoms with Crippen molar-refractivity contribution in [2.45, 2.75) is 6.42 Å². The third-order valence-corrected chi connectivity index (χ3v) is 4.42. The number of primary amides is 1. The first-order valence-electron chi connectivity index (χ1n) is 10.9. The zero-order chi connectivity index (χ0) is 20.8. The third-order valence-electron chi connectivity index (χ3n) is 4.42. The minimum Gasteiger partial charge on any atom is -0.379 e. The van der Waals surface area contributed by atoms with E-state index in [1.165, 1.54) is 0 Å². The highest BCUT2D eigenvalue weighted by Gasteiger charge is 2.06. The zero-order valence-electron chi connectivity index (χ0n) is 17.9. The molecule has 10 nitrogen and oxygen atoms in total. The number of amides is 1. The zero-order valence-corrected chi connectivity index (χ0v) is 17.9. The third kappa shape index (κ3) is 18.9. The molecule has 0 aromatic heterocycles. The monoisotopic (exact) mass is 418 g/mol. The highest BCUT2D eigenvalue weighted by atomic mass is 16.5. The van der Waals surface area contributed by atoms with Gasteiger partial charge in [-0.3, -0.25) is 4.79 Å². The van der Waals surface area contributed by atoms with Crippen LogP contribution in [0.1, 0.15) is 6.42 Å². The Morgan fingerprint density at radius 2 is 1.00 bits per heavy atom. The van der Waals surface area contributed by atoms with Crippen molar-refractivity contribution in [2.75, 3.05) is 112 Å². The number of rotatable bonds is 3. The molecule has 0 spiro atoms. The number of nitrogens with zero attached hydrogens (tertiary/aromatic N) is 1. The Hall–Kier alpha value is -0.850. The summed E-state index contributed by atoms with van der Waals surface area (Å²) in [4.78, 5) is 13.3. The Morgan fingerprint density at radius 3 is 1.34 bits per heavy atom. The molecule has 1 heterocycles. The van der Waals surface area contributed by atoms with Gasteiger partial charge in [0.2, 0.25) is 5.91 Å². The largest absolute Gasteiger partial charge is 0.379 e. The average Bonchev–Trinajstić information content (AvgIpc) is 2.71. The summed E-state index contributed by atoms with van der Waals surface area (Å²) in [6.07, 6.45) is 0.386. The molecule has 0 atom stereocenters. The van der Waals surface area contributed by atoms with E-state index in [1.807, 2.05) is 0 Å². The van der Waals surface area contributed by atoms with E-state index in [1.54, 1.807) is 0 Å². The minimum absolute atomic E-state index is 0.258. The van der Waals surface area contributed by atoms with Crippen LogP contribution in [0.25, 0.3) is 0 Å². The summed E-state index contributed by atoms with van der Waals surface area (Å²) in [5, 5.41) is 13.4. The van der Waals surface area contributed by atoms with Crippen molar-refractivity contribution < 1.29 is 19.0 Å². The summed E-state index contributed by atoms with van der Waals surface area (Å²) in [5.74, 6) is -0.258.